The van der Waals surface area contributed by atoms with Crippen LogP contribution in [0.1, 0.15) is 30.5 Å². The van der Waals surface area contributed by atoms with Crippen LogP contribution in [-0.2, 0) is 6.42 Å². The van der Waals surface area contributed by atoms with Gasteiger partial charge in [0.15, 0.2) is 0 Å². The van der Waals surface area contributed by atoms with Crippen LogP contribution in [0.3, 0.4) is 0 Å². The van der Waals surface area contributed by atoms with Gasteiger partial charge in [-0.15, -0.1) is 12.4 Å². The van der Waals surface area contributed by atoms with Crippen LogP contribution in [0.2, 0.25) is 0 Å². The Kier molecular flexibility index (Phi) is 6.22. The van der Waals surface area contributed by atoms with E-state index in [1.807, 2.05) is 0 Å². The number of hydrogen-bond donors (Lipinski definition) is 0. The summed E-state index contributed by atoms with van der Waals surface area (Å²) in [6.07, 6.45) is 0.966. The predicted molar refractivity (Wildman–Crippen MR) is 107 cm³/mol. The standard InChI is InChI=1S/C21H24N2.ClH/c1-4-23(5-2)21-13-16(3)19-15-18(11-12-20(19)22-21)14-17-9-7-6-8-10-17;/h6-13,15H,4-5,14H2,1-3H3;1H. The molecular formula is C21H25ClN2. The molecule has 1 heterocycles. The van der Waals surface area contributed by atoms with Gasteiger partial charge >= 0.3 is 0 Å². The third kappa shape index (κ3) is 3.88. The summed E-state index contributed by atoms with van der Waals surface area (Å²) < 4.78 is 0. The van der Waals surface area contributed by atoms with Crippen LogP contribution in [0, 0.1) is 6.92 Å². The van der Waals surface area contributed by atoms with E-state index in [0.717, 1.165) is 30.8 Å². The van der Waals surface area contributed by atoms with Crippen LogP contribution in [0.4, 0.5) is 5.82 Å². The van der Waals surface area contributed by atoms with Crippen LogP contribution in [0.5, 0.6) is 0 Å². The van der Waals surface area contributed by atoms with E-state index in [4.69, 9.17) is 4.98 Å². The topological polar surface area (TPSA) is 16.1 Å². The summed E-state index contributed by atoms with van der Waals surface area (Å²) >= 11 is 0. The van der Waals surface area contributed by atoms with E-state index in [1.54, 1.807) is 0 Å². The molecule has 0 aliphatic carbocycles. The van der Waals surface area contributed by atoms with Gasteiger partial charge in [0.2, 0.25) is 0 Å². The van der Waals surface area contributed by atoms with Gasteiger partial charge in [-0.3, -0.25) is 0 Å². The fourth-order valence-corrected chi connectivity index (χ4v) is 3.07. The molecular weight excluding hydrogens is 316 g/mol. The molecule has 3 aromatic rings. The van der Waals surface area contributed by atoms with Gasteiger partial charge in [0.25, 0.3) is 0 Å². The maximum atomic E-state index is 4.85. The second-order valence-corrected chi connectivity index (χ2v) is 5.98. The lowest BCUT2D eigenvalue weighted by atomic mass is 10.0. The third-order valence-electron chi connectivity index (χ3n) is 4.40. The van der Waals surface area contributed by atoms with E-state index >= 15 is 0 Å². The van der Waals surface area contributed by atoms with Crippen molar-refractivity contribution in [3.05, 3.63) is 71.3 Å². The highest BCUT2D eigenvalue weighted by atomic mass is 35.5. The Morgan fingerprint density at radius 3 is 2.25 bits per heavy atom. The quantitative estimate of drug-likeness (QED) is 0.618. The number of pyridine rings is 1. The highest BCUT2D eigenvalue weighted by Crippen LogP contribution is 2.24. The molecule has 0 spiro atoms. The first kappa shape index (κ1) is 18.3. The van der Waals surface area contributed by atoms with Gasteiger partial charge in [-0.2, -0.15) is 0 Å². The number of fused-ring (bicyclic) bond motifs is 1. The highest BCUT2D eigenvalue weighted by molar-refractivity contribution is 5.85. The lowest BCUT2D eigenvalue weighted by Gasteiger charge is -2.21. The molecule has 2 aromatic carbocycles. The van der Waals surface area contributed by atoms with Crippen molar-refractivity contribution in [1.82, 2.24) is 4.98 Å². The number of benzene rings is 2. The van der Waals surface area contributed by atoms with Crippen molar-refractivity contribution in [2.45, 2.75) is 27.2 Å². The molecule has 3 heteroatoms. The van der Waals surface area contributed by atoms with E-state index in [1.165, 1.54) is 22.1 Å². The molecule has 0 radical (unpaired) electrons. The zero-order valence-electron chi connectivity index (χ0n) is 14.6. The minimum Gasteiger partial charge on any atom is -0.357 e. The Morgan fingerprint density at radius 1 is 0.875 bits per heavy atom. The summed E-state index contributed by atoms with van der Waals surface area (Å²) in [5.74, 6) is 1.08. The maximum absolute atomic E-state index is 4.85. The fourth-order valence-electron chi connectivity index (χ4n) is 3.07. The molecule has 0 aliphatic heterocycles. The molecule has 0 saturated heterocycles. The lowest BCUT2D eigenvalue weighted by Crippen LogP contribution is -2.23. The predicted octanol–water partition coefficient (Wildman–Crippen LogP) is 5.40. The van der Waals surface area contributed by atoms with E-state index < -0.39 is 0 Å². The van der Waals surface area contributed by atoms with Crippen molar-refractivity contribution >= 4 is 29.1 Å². The molecule has 1 aromatic heterocycles. The van der Waals surface area contributed by atoms with Crippen molar-refractivity contribution in [2.24, 2.45) is 0 Å². The lowest BCUT2D eigenvalue weighted by molar-refractivity contribution is 0.849. The monoisotopic (exact) mass is 340 g/mol. The number of halogens is 1. The van der Waals surface area contributed by atoms with E-state index in [9.17, 15) is 0 Å². The average Bonchev–Trinajstić information content (AvgIpc) is 2.57. The molecule has 0 aliphatic rings. The van der Waals surface area contributed by atoms with Gasteiger partial charge in [0.05, 0.1) is 5.52 Å². The second kappa shape index (κ2) is 8.16. The van der Waals surface area contributed by atoms with Crippen LogP contribution in [-0.4, -0.2) is 18.1 Å². The average molecular weight is 341 g/mol. The number of aryl methyl sites for hydroxylation is 1. The summed E-state index contributed by atoms with van der Waals surface area (Å²) in [6, 6.07) is 19.5. The van der Waals surface area contributed by atoms with Gasteiger partial charge < -0.3 is 4.90 Å². The largest absolute Gasteiger partial charge is 0.357 e. The number of anilines is 1. The Labute approximate surface area is 150 Å². The summed E-state index contributed by atoms with van der Waals surface area (Å²) in [4.78, 5) is 7.15. The molecule has 0 atom stereocenters. The van der Waals surface area contributed by atoms with Crippen LogP contribution in [0.25, 0.3) is 10.9 Å². The minimum atomic E-state index is 0. The van der Waals surface area contributed by atoms with Crippen molar-refractivity contribution < 1.29 is 0 Å². The van der Waals surface area contributed by atoms with Crippen molar-refractivity contribution in [2.75, 3.05) is 18.0 Å². The summed E-state index contributed by atoms with van der Waals surface area (Å²) in [5, 5.41) is 1.26. The van der Waals surface area contributed by atoms with Crippen LogP contribution in [0.15, 0.2) is 54.6 Å². The molecule has 126 valence electrons. The number of rotatable bonds is 5. The van der Waals surface area contributed by atoms with Gasteiger partial charge in [-0.1, -0.05) is 36.4 Å². The number of aromatic nitrogens is 1. The number of hydrogen-bond acceptors (Lipinski definition) is 2. The number of nitrogens with zero attached hydrogens (tertiary/aromatic N) is 2. The minimum absolute atomic E-state index is 0. The zero-order valence-corrected chi connectivity index (χ0v) is 15.4. The molecule has 0 unspecified atom stereocenters. The molecule has 0 fully saturated rings. The first-order chi connectivity index (χ1) is 11.2. The fraction of sp³-hybridized carbons (Fsp3) is 0.286. The molecule has 0 bridgehead atoms. The first-order valence-corrected chi connectivity index (χ1v) is 8.40. The Bertz CT molecular complexity index is 796. The molecule has 0 N–H and O–H groups in total. The Balaban J connectivity index is 0.00000208. The van der Waals surface area contributed by atoms with Gasteiger partial charge in [0, 0.05) is 18.5 Å². The molecule has 2 nitrogen and oxygen atoms in total. The third-order valence-corrected chi connectivity index (χ3v) is 4.40. The Hall–Kier alpha value is -2.06. The molecule has 3 rings (SSSR count). The maximum Gasteiger partial charge on any atom is 0.129 e. The second-order valence-electron chi connectivity index (χ2n) is 5.98. The van der Waals surface area contributed by atoms with E-state index in [0.29, 0.717) is 0 Å². The summed E-state index contributed by atoms with van der Waals surface area (Å²) in [5.41, 5.74) is 5.07. The smallest absolute Gasteiger partial charge is 0.129 e. The SMILES string of the molecule is CCN(CC)c1cc(C)c2cc(Cc3ccccc3)ccc2n1.Cl. The van der Waals surface area contributed by atoms with Crippen molar-refractivity contribution in [3.8, 4) is 0 Å². The summed E-state index contributed by atoms with van der Waals surface area (Å²) in [6.45, 7) is 8.51. The van der Waals surface area contributed by atoms with Gasteiger partial charge in [-0.05, 0) is 62.1 Å². The first-order valence-electron chi connectivity index (χ1n) is 8.40. The van der Waals surface area contributed by atoms with E-state index in [-0.39, 0.29) is 12.4 Å². The molecule has 24 heavy (non-hydrogen) atoms. The van der Waals surface area contributed by atoms with Crippen molar-refractivity contribution in [1.29, 1.82) is 0 Å². The van der Waals surface area contributed by atoms with E-state index in [2.05, 4.69) is 80.3 Å². The van der Waals surface area contributed by atoms with Crippen LogP contribution < -0.4 is 4.90 Å². The Morgan fingerprint density at radius 2 is 1.58 bits per heavy atom. The molecule has 0 saturated carbocycles. The van der Waals surface area contributed by atoms with Gasteiger partial charge in [0.1, 0.15) is 5.82 Å². The highest BCUT2D eigenvalue weighted by Gasteiger charge is 2.08. The normalized spacial score (nSPS) is 10.5. The summed E-state index contributed by atoms with van der Waals surface area (Å²) in [7, 11) is 0. The van der Waals surface area contributed by atoms with Crippen LogP contribution >= 0.6 is 12.4 Å². The zero-order chi connectivity index (χ0) is 16.2. The van der Waals surface area contributed by atoms with Crippen molar-refractivity contribution in [3.63, 3.8) is 0 Å². The van der Waals surface area contributed by atoms with Gasteiger partial charge in [-0.25, -0.2) is 4.98 Å². The molecule has 0 amide bonds.